The molecule has 6 heteroatoms. The molecule has 1 aliphatic rings. The lowest BCUT2D eigenvalue weighted by atomic mass is 10.1. The van der Waals surface area contributed by atoms with E-state index in [9.17, 15) is 9.59 Å². The molecule has 0 spiro atoms. The van der Waals surface area contributed by atoms with Gasteiger partial charge in [-0.1, -0.05) is 55.1 Å². The summed E-state index contributed by atoms with van der Waals surface area (Å²) in [6.45, 7) is 2.47. The van der Waals surface area contributed by atoms with Gasteiger partial charge in [-0.25, -0.2) is 4.90 Å². The van der Waals surface area contributed by atoms with Gasteiger partial charge in [0.25, 0.3) is 5.24 Å². The number of hydrogen-bond acceptors (Lipinski definition) is 5. The Bertz CT molecular complexity index is 735. The Balaban J connectivity index is 1.74. The minimum Gasteiger partial charge on any atom is -0.353 e. The highest BCUT2D eigenvalue weighted by molar-refractivity contribution is 8.14. The van der Waals surface area contributed by atoms with Gasteiger partial charge in [0.2, 0.25) is 5.91 Å². The SMILES string of the molecule is CCc1cccnc1CCOC(c1ccccc1)N1C(=O)CSC1=O. The number of rotatable bonds is 7. The molecule has 1 aromatic heterocycles. The van der Waals surface area contributed by atoms with Crippen LogP contribution in [0.4, 0.5) is 4.79 Å². The van der Waals surface area contributed by atoms with Crippen LogP contribution >= 0.6 is 11.8 Å². The Morgan fingerprint density at radius 2 is 2.00 bits per heavy atom. The molecule has 3 rings (SSSR count). The van der Waals surface area contributed by atoms with Crippen LogP contribution in [0.25, 0.3) is 0 Å². The third-order valence-electron chi connectivity index (χ3n) is 4.08. The summed E-state index contributed by atoms with van der Waals surface area (Å²) in [5.74, 6) is -0.0397. The minimum atomic E-state index is -0.690. The zero-order valence-electron chi connectivity index (χ0n) is 14.1. The van der Waals surface area contributed by atoms with Gasteiger partial charge in [0.15, 0.2) is 6.23 Å². The van der Waals surface area contributed by atoms with Crippen LogP contribution in [-0.4, -0.2) is 33.4 Å². The molecule has 2 heterocycles. The number of aromatic nitrogens is 1. The number of carbonyl (C=O) groups is 2. The summed E-state index contributed by atoms with van der Waals surface area (Å²) in [4.78, 5) is 29.9. The predicted molar refractivity (Wildman–Crippen MR) is 97.2 cm³/mol. The van der Waals surface area contributed by atoms with E-state index in [1.165, 1.54) is 10.5 Å². The second-order valence-corrected chi connectivity index (χ2v) is 6.59. The van der Waals surface area contributed by atoms with Crippen molar-refractivity contribution in [3.63, 3.8) is 0 Å². The lowest BCUT2D eigenvalue weighted by Gasteiger charge is -2.26. The van der Waals surface area contributed by atoms with Crippen LogP contribution < -0.4 is 0 Å². The largest absolute Gasteiger partial charge is 0.353 e. The van der Waals surface area contributed by atoms with E-state index in [-0.39, 0.29) is 16.9 Å². The first-order valence-corrected chi connectivity index (χ1v) is 9.27. The third-order valence-corrected chi connectivity index (χ3v) is 4.92. The van der Waals surface area contributed by atoms with Crippen molar-refractivity contribution in [2.24, 2.45) is 0 Å². The molecule has 2 amide bonds. The molecule has 0 aliphatic carbocycles. The molecule has 1 unspecified atom stereocenters. The second-order valence-electron chi connectivity index (χ2n) is 5.66. The fourth-order valence-corrected chi connectivity index (χ4v) is 3.54. The normalized spacial score (nSPS) is 15.6. The van der Waals surface area contributed by atoms with Crippen LogP contribution in [0, 0.1) is 0 Å². The van der Waals surface area contributed by atoms with Crippen molar-refractivity contribution in [1.29, 1.82) is 0 Å². The molecule has 0 radical (unpaired) electrons. The van der Waals surface area contributed by atoms with E-state index < -0.39 is 6.23 Å². The minimum absolute atomic E-state index is 0.172. The van der Waals surface area contributed by atoms with Gasteiger partial charge in [0.05, 0.1) is 12.4 Å². The maximum atomic E-state index is 12.1. The summed E-state index contributed by atoms with van der Waals surface area (Å²) in [6.07, 6.45) is 2.62. The molecular formula is C19H20N2O3S. The van der Waals surface area contributed by atoms with Crippen molar-refractivity contribution in [1.82, 2.24) is 9.88 Å². The van der Waals surface area contributed by atoms with E-state index in [1.54, 1.807) is 6.20 Å². The molecule has 0 N–H and O–H groups in total. The van der Waals surface area contributed by atoms with Crippen LogP contribution in [0.3, 0.4) is 0 Å². The maximum absolute atomic E-state index is 12.1. The van der Waals surface area contributed by atoms with Gasteiger partial charge in [-0.05, 0) is 18.1 Å². The van der Waals surface area contributed by atoms with E-state index in [1.807, 2.05) is 36.4 Å². The first kappa shape index (κ1) is 17.6. The van der Waals surface area contributed by atoms with Crippen molar-refractivity contribution in [2.75, 3.05) is 12.4 Å². The van der Waals surface area contributed by atoms with Crippen molar-refractivity contribution >= 4 is 22.9 Å². The van der Waals surface area contributed by atoms with Crippen LogP contribution in [-0.2, 0) is 22.4 Å². The second kappa shape index (κ2) is 8.27. The number of pyridine rings is 1. The summed E-state index contributed by atoms with van der Waals surface area (Å²) >= 11 is 1.02. The lowest BCUT2D eigenvalue weighted by molar-refractivity contribution is -0.135. The maximum Gasteiger partial charge on any atom is 0.291 e. The van der Waals surface area contributed by atoms with E-state index in [0.717, 1.165) is 29.4 Å². The summed E-state index contributed by atoms with van der Waals surface area (Å²) in [6, 6.07) is 13.4. The molecule has 1 atom stereocenters. The molecule has 1 aliphatic heterocycles. The van der Waals surface area contributed by atoms with Crippen molar-refractivity contribution < 1.29 is 14.3 Å². The van der Waals surface area contributed by atoms with Gasteiger partial charge in [-0.2, -0.15) is 0 Å². The highest BCUT2D eigenvalue weighted by Crippen LogP contribution is 2.31. The Morgan fingerprint density at radius 3 is 2.68 bits per heavy atom. The first-order valence-electron chi connectivity index (χ1n) is 8.29. The summed E-state index contributed by atoms with van der Waals surface area (Å²) in [7, 11) is 0. The third kappa shape index (κ3) is 4.08. The monoisotopic (exact) mass is 356 g/mol. The Labute approximate surface area is 151 Å². The lowest BCUT2D eigenvalue weighted by Crippen LogP contribution is -2.35. The molecule has 130 valence electrons. The molecule has 0 bridgehead atoms. The molecule has 5 nitrogen and oxygen atoms in total. The number of amides is 2. The quantitative estimate of drug-likeness (QED) is 0.759. The number of aryl methyl sites for hydroxylation is 1. The smallest absolute Gasteiger partial charge is 0.291 e. The van der Waals surface area contributed by atoms with E-state index in [2.05, 4.69) is 18.0 Å². The highest BCUT2D eigenvalue weighted by Gasteiger charge is 2.37. The fourth-order valence-electron chi connectivity index (χ4n) is 2.81. The summed E-state index contributed by atoms with van der Waals surface area (Å²) in [5, 5.41) is -0.258. The fraction of sp³-hybridized carbons (Fsp3) is 0.316. The van der Waals surface area contributed by atoms with Crippen LogP contribution in [0.2, 0.25) is 0 Å². The number of carbonyl (C=O) groups excluding carboxylic acids is 2. The van der Waals surface area contributed by atoms with Crippen molar-refractivity contribution in [3.8, 4) is 0 Å². The number of hydrogen-bond donors (Lipinski definition) is 0. The average Bonchev–Trinajstić information content (AvgIpc) is 2.98. The zero-order valence-corrected chi connectivity index (χ0v) is 14.9. The molecule has 0 saturated carbocycles. The van der Waals surface area contributed by atoms with E-state index in [0.29, 0.717) is 13.0 Å². The van der Waals surface area contributed by atoms with Gasteiger partial charge in [0, 0.05) is 23.9 Å². The van der Waals surface area contributed by atoms with E-state index in [4.69, 9.17) is 4.74 Å². The Hall–Kier alpha value is -2.18. The van der Waals surface area contributed by atoms with Gasteiger partial charge >= 0.3 is 0 Å². The first-order chi connectivity index (χ1) is 12.2. The van der Waals surface area contributed by atoms with Crippen LogP contribution in [0.5, 0.6) is 0 Å². The van der Waals surface area contributed by atoms with Crippen molar-refractivity contribution in [2.45, 2.75) is 26.0 Å². The zero-order chi connectivity index (χ0) is 17.6. The molecular weight excluding hydrogens is 336 g/mol. The predicted octanol–water partition coefficient (Wildman–Crippen LogP) is 3.60. The van der Waals surface area contributed by atoms with Gasteiger partial charge in [-0.3, -0.25) is 14.6 Å². The molecule has 25 heavy (non-hydrogen) atoms. The molecule has 1 fully saturated rings. The molecule has 2 aromatic rings. The van der Waals surface area contributed by atoms with Gasteiger partial charge in [-0.15, -0.1) is 0 Å². The number of benzene rings is 1. The summed E-state index contributed by atoms with van der Waals surface area (Å²) < 4.78 is 5.99. The Kier molecular flexibility index (Phi) is 5.83. The van der Waals surface area contributed by atoms with Gasteiger partial charge in [0.1, 0.15) is 0 Å². The topological polar surface area (TPSA) is 59.5 Å². The van der Waals surface area contributed by atoms with Crippen molar-refractivity contribution in [3.05, 3.63) is 65.5 Å². The van der Waals surface area contributed by atoms with E-state index >= 15 is 0 Å². The average molecular weight is 356 g/mol. The van der Waals surface area contributed by atoms with Gasteiger partial charge < -0.3 is 4.74 Å². The number of ether oxygens (including phenoxy) is 1. The molecule has 1 aromatic carbocycles. The summed E-state index contributed by atoms with van der Waals surface area (Å²) in [5.41, 5.74) is 2.97. The highest BCUT2D eigenvalue weighted by atomic mass is 32.2. The number of nitrogens with zero attached hydrogens (tertiary/aromatic N) is 2. The number of thioether (sulfide) groups is 1. The Morgan fingerprint density at radius 1 is 1.20 bits per heavy atom. The van der Waals surface area contributed by atoms with Crippen LogP contribution in [0.1, 0.15) is 30.0 Å². The standard InChI is InChI=1S/C19H20N2O3S/c1-2-14-9-6-11-20-16(14)10-12-24-18(15-7-4-3-5-8-15)21-17(22)13-25-19(21)23/h3-9,11,18H,2,10,12-13H2,1H3. The van der Waals surface area contributed by atoms with Crippen LogP contribution in [0.15, 0.2) is 48.7 Å². The molecule has 1 saturated heterocycles. The number of imide groups is 1.